The molecule has 30 heavy (non-hydrogen) atoms. The predicted octanol–water partition coefficient (Wildman–Crippen LogP) is 3.28. The summed E-state index contributed by atoms with van der Waals surface area (Å²) in [5.41, 5.74) is 1.04. The number of nitrogens with one attached hydrogen (secondary N) is 1. The number of esters is 1. The summed E-state index contributed by atoms with van der Waals surface area (Å²) in [5, 5.41) is 3.06. The third-order valence-corrected chi connectivity index (χ3v) is 7.04. The van der Waals surface area contributed by atoms with Gasteiger partial charge in [-0.2, -0.15) is 0 Å². The minimum absolute atomic E-state index is 0.0404. The van der Waals surface area contributed by atoms with Gasteiger partial charge in [-0.1, -0.05) is 11.3 Å². The summed E-state index contributed by atoms with van der Waals surface area (Å²) < 4.78 is 35.2. The first kappa shape index (κ1) is 21.7. The van der Waals surface area contributed by atoms with Crippen LogP contribution in [0.4, 0.5) is 5.13 Å². The molecule has 0 atom stereocenters. The Morgan fingerprint density at radius 2 is 1.83 bits per heavy atom. The maximum absolute atomic E-state index is 12.4. The van der Waals surface area contributed by atoms with E-state index in [1.807, 2.05) is 0 Å². The van der Waals surface area contributed by atoms with E-state index in [9.17, 15) is 18.0 Å². The molecule has 0 aliphatic carbocycles. The number of nitrogens with zero attached hydrogens (tertiary/aromatic N) is 1. The van der Waals surface area contributed by atoms with Crippen molar-refractivity contribution in [1.82, 2.24) is 4.98 Å². The number of rotatable bonds is 8. The van der Waals surface area contributed by atoms with Crippen LogP contribution in [-0.2, 0) is 19.4 Å². The number of thiazole rings is 1. The fourth-order valence-corrected chi connectivity index (χ4v) is 4.96. The van der Waals surface area contributed by atoms with Crippen molar-refractivity contribution in [3.63, 3.8) is 0 Å². The molecule has 0 bridgehead atoms. The molecule has 3 rings (SSSR count). The zero-order valence-electron chi connectivity index (χ0n) is 16.4. The van der Waals surface area contributed by atoms with Gasteiger partial charge in [0.1, 0.15) is 5.75 Å². The quantitative estimate of drug-likeness (QED) is 0.526. The van der Waals surface area contributed by atoms with E-state index >= 15 is 0 Å². The standard InChI is InChI=1S/C20H20N2O6S2/c1-27-14-6-8-15(9-7-14)30(25,26)11-3-4-18(23)22-20-21-16-10-5-13(19(24)28-2)12-17(16)29-20/h5-10,12H,3-4,11H2,1-2H3,(H,21,22,23). The van der Waals surface area contributed by atoms with Gasteiger partial charge in [0.15, 0.2) is 15.0 Å². The Balaban J connectivity index is 1.57. The van der Waals surface area contributed by atoms with E-state index in [-0.39, 0.29) is 29.4 Å². The Labute approximate surface area is 177 Å². The number of ether oxygens (including phenoxy) is 2. The first-order valence-electron chi connectivity index (χ1n) is 8.98. The number of hydrogen-bond donors (Lipinski definition) is 1. The van der Waals surface area contributed by atoms with Crippen molar-refractivity contribution in [2.24, 2.45) is 0 Å². The molecule has 1 amide bonds. The lowest BCUT2D eigenvalue weighted by Gasteiger charge is -2.06. The van der Waals surface area contributed by atoms with Gasteiger partial charge < -0.3 is 14.8 Å². The van der Waals surface area contributed by atoms with Gasteiger partial charge in [0.2, 0.25) is 5.91 Å². The molecule has 0 fully saturated rings. The average molecular weight is 449 g/mol. The van der Waals surface area contributed by atoms with Crippen LogP contribution in [0.2, 0.25) is 0 Å². The number of carbonyl (C=O) groups excluding carboxylic acids is 2. The van der Waals surface area contributed by atoms with Crippen molar-refractivity contribution >= 4 is 48.4 Å². The molecule has 3 aromatic rings. The predicted molar refractivity (Wildman–Crippen MR) is 114 cm³/mol. The number of aromatic nitrogens is 1. The Morgan fingerprint density at radius 3 is 2.50 bits per heavy atom. The smallest absolute Gasteiger partial charge is 0.337 e. The van der Waals surface area contributed by atoms with E-state index in [4.69, 9.17) is 9.47 Å². The van der Waals surface area contributed by atoms with Crippen molar-refractivity contribution in [3.05, 3.63) is 48.0 Å². The normalized spacial score (nSPS) is 11.3. The summed E-state index contributed by atoms with van der Waals surface area (Å²) in [6.07, 6.45) is 0.219. The lowest BCUT2D eigenvalue weighted by atomic mass is 10.2. The Kier molecular flexibility index (Phi) is 6.68. The Hall–Kier alpha value is -2.98. The second kappa shape index (κ2) is 9.23. The van der Waals surface area contributed by atoms with Gasteiger partial charge in [-0.3, -0.25) is 4.79 Å². The molecule has 10 heteroatoms. The number of amides is 1. The lowest BCUT2D eigenvalue weighted by Crippen LogP contribution is -2.14. The summed E-state index contributed by atoms with van der Waals surface area (Å²) in [6, 6.07) is 11.1. The SMILES string of the molecule is COC(=O)c1ccc2nc(NC(=O)CCCS(=O)(=O)c3ccc(OC)cc3)sc2c1. The van der Waals surface area contributed by atoms with Crippen LogP contribution in [0.15, 0.2) is 47.4 Å². The number of hydrogen-bond acceptors (Lipinski definition) is 8. The van der Waals surface area contributed by atoms with Crippen LogP contribution >= 0.6 is 11.3 Å². The highest BCUT2D eigenvalue weighted by molar-refractivity contribution is 7.91. The molecule has 1 heterocycles. The van der Waals surface area contributed by atoms with E-state index in [0.717, 1.165) is 4.70 Å². The first-order valence-corrected chi connectivity index (χ1v) is 11.4. The van der Waals surface area contributed by atoms with Crippen LogP contribution in [0.1, 0.15) is 23.2 Å². The maximum atomic E-state index is 12.4. The monoisotopic (exact) mass is 448 g/mol. The number of fused-ring (bicyclic) bond motifs is 1. The van der Waals surface area contributed by atoms with Gasteiger partial charge >= 0.3 is 5.97 Å². The molecule has 8 nitrogen and oxygen atoms in total. The molecule has 2 aromatic carbocycles. The van der Waals surface area contributed by atoms with Crippen LogP contribution < -0.4 is 10.1 Å². The molecule has 1 N–H and O–H groups in total. The summed E-state index contributed by atoms with van der Waals surface area (Å²) in [5.74, 6) is -0.348. The largest absolute Gasteiger partial charge is 0.497 e. The topological polar surface area (TPSA) is 112 Å². The molecule has 1 aromatic heterocycles. The van der Waals surface area contributed by atoms with Crippen LogP contribution in [0.3, 0.4) is 0 Å². The zero-order chi connectivity index (χ0) is 21.7. The van der Waals surface area contributed by atoms with E-state index in [1.165, 1.54) is 37.7 Å². The molecular formula is C20H20N2O6S2. The van der Waals surface area contributed by atoms with Gasteiger partial charge in [-0.15, -0.1) is 0 Å². The summed E-state index contributed by atoms with van der Waals surface area (Å²) in [4.78, 5) is 28.3. The number of benzene rings is 2. The highest BCUT2D eigenvalue weighted by Crippen LogP contribution is 2.27. The van der Waals surface area contributed by atoms with Crippen LogP contribution in [0.25, 0.3) is 10.2 Å². The number of carbonyl (C=O) groups is 2. The fourth-order valence-electron chi connectivity index (χ4n) is 2.73. The summed E-state index contributed by atoms with van der Waals surface area (Å²) >= 11 is 1.23. The van der Waals surface area contributed by atoms with E-state index in [2.05, 4.69) is 10.3 Å². The highest BCUT2D eigenvalue weighted by Gasteiger charge is 2.16. The van der Waals surface area contributed by atoms with Gasteiger partial charge in [0.25, 0.3) is 0 Å². The maximum Gasteiger partial charge on any atom is 0.337 e. The minimum atomic E-state index is -3.48. The molecule has 0 spiro atoms. The second-order valence-corrected chi connectivity index (χ2v) is 9.48. The number of sulfone groups is 1. The van der Waals surface area contributed by atoms with Gasteiger partial charge in [-0.05, 0) is 48.9 Å². The highest BCUT2D eigenvalue weighted by atomic mass is 32.2. The minimum Gasteiger partial charge on any atom is -0.497 e. The number of anilines is 1. The van der Waals surface area contributed by atoms with Gasteiger partial charge in [-0.25, -0.2) is 18.2 Å². The molecule has 0 saturated heterocycles. The lowest BCUT2D eigenvalue weighted by molar-refractivity contribution is -0.116. The third kappa shape index (κ3) is 5.14. The zero-order valence-corrected chi connectivity index (χ0v) is 18.0. The molecule has 0 aliphatic rings. The average Bonchev–Trinajstić information content (AvgIpc) is 3.14. The molecule has 0 unspecified atom stereocenters. The fraction of sp³-hybridized carbons (Fsp3) is 0.250. The summed E-state index contributed by atoms with van der Waals surface area (Å²) in [7, 11) is -0.671. The Morgan fingerprint density at radius 1 is 1.10 bits per heavy atom. The molecule has 0 aliphatic heterocycles. The van der Waals surface area contributed by atoms with E-state index < -0.39 is 15.8 Å². The number of methoxy groups -OCH3 is 2. The molecule has 0 radical (unpaired) electrons. The van der Waals surface area contributed by atoms with Crippen LogP contribution in [0.5, 0.6) is 5.75 Å². The van der Waals surface area contributed by atoms with E-state index in [0.29, 0.717) is 22.0 Å². The molecule has 0 saturated carbocycles. The van der Waals surface area contributed by atoms with Gasteiger partial charge in [0, 0.05) is 6.42 Å². The van der Waals surface area contributed by atoms with Crippen molar-refractivity contribution in [1.29, 1.82) is 0 Å². The first-order chi connectivity index (χ1) is 14.3. The molecule has 158 valence electrons. The van der Waals surface area contributed by atoms with Gasteiger partial charge in [0.05, 0.1) is 40.6 Å². The third-order valence-electron chi connectivity index (χ3n) is 4.29. The van der Waals surface area contributed by atoms with Crippen molar-refractivity contribution < 1.29 is 27.5 Å². The molecular weight excluding hydrogens is 428 g/mol. The van der Waals surface area contributed by atoms with Crippen molar-refractivity contribution in [2.75, 3.05) is 25.3 Å². The second-order valence-electron chi connectivity index (χ2n) is 6.34. The summed E-state index contributed by atoms with van der Waals surface area (Å²) in [6.45, 7) is 0. The van der Waals surface area contributed by atoms with Crippen molar-refractivity contribution in [3.8, 4) is 5.75 Å². The Bertz CT molecular complexity index is 1170. The van der Waals surface area contributed by atoms with E-state index in [1.54, 1.807) is 30.3 Å². The van der Waals surface area contributed by atoms with Crippen LogP contribution in [-0.4, -0.2) is 45.3 Å². The van der Waals surface area contributed by atoms with Crippen LogP contribution in [0, 0.1) is 0 Å². The van der Waals surface area contributed by atoms with Crippen molar-refractivity contribution in [2.45, 2.75) is 17.7 Å².